The van der Waals surface area contributed by atoms with E-state index in [0.29, 0.717) is 0 Å². The monoisotopic (exact) mass is 174 g/mol. The minimum absolute atomic E-state index is 0.822. The maximum absolute atomic E-state index is 8.81. The lowest BCUT2D eigenvalue weighted by molar-refractivity contribution is 0.616. The lowest BCUT2D eigenvalue weighted by atomic mass is 10.3. The van der Waals surface area contributed by atoms with Gasteiger partial charge in [0.1, 0.15) is 0 Å². The Labute approximate surface area is 66.9 Å². The summed E-state index contributed by atoms with van der Waals surface area (Å²) in [5.41, 5.74) is 6.18. The molecule has 0 amide bonds. The molecule has 0 atom stereocenters. The van der Waals surface area contributed by atoms with Crippen LogP contribution in [0.5, 0.6) is 0 Å². The third-order valence-electron chi connectivity index (χ3n) is 0.800. The van der Waals surface area contributed by atoms with Gasteiger partial charge in [-0.3, -0.25) is 0 Å². The van der Waals surface area contributed by atoms with Crippen LogP contribution in [0.3, 0.4) is 0 Å². The molecule has 0 saturated carbocycles. The van der Waals surface area contributed by atoms with Crippen LogP contribution in [-0.2, 0) is 10.9 Å². The number of rotatable bonds is 0. The summed E-state index contributed by atoms with van der Waals surface area (Å²) in [4.78, 5) is 0. The molecule has 0 saturated heterocycles. The molecule has 4 N–H and O–H groups in total. The van der Waals surface area contributed by atoms with E-state index in [1.54, 1.807) is 0 Å². The molecule has 0 spiro atoms. The van der Waals surface area contributed by atoms with E-state index in [4.69, 9.17) is 14.2 Å². The molecule has 0 heterocycles. The molecule has 0 aliphatic heterocycles. The summed E-state index contributed by atoms with van der Waals surface area (Å²) in [6.45, 7) is 0. The van der Waals surface area contributed by atoms with Crippen LogP contribution in [0, 0.1) is 0 Å². The standard InChI is InChI=1S/C6H7N.H3NO2S/c7-6-4-2-1-3-5-6;1-4(2)3/h1-5H,7H2;4H,(H2,1,2,3). The topological polar surface area (TPSA) is 86.2 Å². The van der Waals surface area contributed by atoms with E-state index in [2.05, 4.69) is 5.14 Å². The summed E-state index contributed by atoms with van der Waals surface area (Å²) in [5.74, 6) is 0. The van der Waals surface area contributed by atoms with Crippen molar-refractivity contribution in [3.8, 4) is 0 Å². The maximum Gasteiger partial charge on any atom is 0.198 e. The number of hydrogen-bond acceptors (Lipinski definition) is 3. The molecule has 1 aromatic carbocycles. The van der Waals surface area contributed by atoms with Crippen molar-refractivity contribution in [2.24, 2.45) is 5.14 Å². The quantitative estimate of drug-likeness (QED) is 0.374. The summed E-state index contributed by atoms with van der Waals surface area (Å²) in [6, 6.07) is 9.49. The zero-order chi connectivity index (χ0) is 8.69. The van der Waals surface area contributed by atoms with Gasteiger partial charge in [-0.1, -0.05) is 18.2 Å². The van der Waals surface area contributed by atoms with Crippen molar-refractivity contribution < 1.29 is 8.42 Å². The highest BCUT2D eigenvalue weighted by Crippen LogP contribution is 1.95. The van der Waals surface area contributed by atoms with Gasteiger partial charge in [0.05, 0.1) is 0 Å². The first-order chi connectivity index (χ1) is 5.13. The first-order valence-electron chi connectivity index (χ1n) is 2.82. The van der Waals surface area contributed by atoms with Crippen molar-refractivity contribution >= 4 is 16.6 Å². The van der Waals surface area contributed by atoms with Crippen molar-refractivity contribution in [2.45, 2.75) is 0 Å². The van der Waals surface area contributed by atoms with Gasteiger partial charge < -0.3 is 5.73 Å². The van der Waals surface area contributed by atoms with E-state index < -0.39 is 10.9 Å². The Kier molecular flexibility index (Phi) is 5.14. The van der Waals surface area contributed by atoms with Crippen LogP contribution in [0.15, 0.2) is 30.3 Å². The van der Waals surface area contributed by atoms with E-state index in [1.807, 2.05) is 30.3 Å². The Balaban J connectivity index is 0.000000218. The number of nitrogens with two attached hydrogens (primary N) is 2. The Hall–Kier alpha value is -1.07. The van der Waals surface area contributed by atoms with Gasteiger partial charge in [0.25, 0.3) is 0 Å². The maximum atomic E-state index is 8.81. The van der Waals surface area contributed by atoms with Gasteiger partial charge in [-0.05, 0) is 12.1 Å². The van der Waals surface area contributed by atoms with Crippen molar-refractivity contribution in [1.29, 1.82) is 0 Å². The summed E-state index contributed by atoms with van der Waals surface area (Å²) >= 11 is 0. The Morgan fingerprint density at radius 2 is 1.45 bits per heavy atom. The lowest BCUT2D eigenvalue weighted by Crippen LogP contribution is -1.85. The normalized spacial score (nSPS) is 8.55. The van der Waals surface area contributed by atoms with Crippen LogP contribution in [-0.4, -0.2) is 8.42 Å². The van der Waals surface area contributed by atoms with Crippen LogP contribution in [0.1, 0.15) is 0 Å². The molecule has 0 aromatic heterocycles. The van der Waals surface area contributed by atoms with Crippen LogP contribution in [0.4, 0.5) is 5.69 Å². The largest absolute Gasteiger partial charge is 0.399 e. The Morgan fingerprint density at radius 3 is 1.64 bits per heavy atom. The molecule has 0 bridgehead atoms. The van der Waals surface area contributed by atoms with Gasteiger partial charge in [-0.15, -0.1) is 0 Å². The number of hydrogen-bond donors (Lipinski definition) is 3. The molecule has 5 heteroatoms. The smallest absolute Gasteiger partial charge is 0.198 e. The molecule has 1 aromatic rings. The summed E-state index contributed by atoms with van der Waals surface area (Å²) in [5, 5.41) is 4.06. The zero-order valence-corrected chi connectivity index (χ0v) is 6.70. The van der Waals surface area contributed by atoms with E-state index in [-0.39, 0.29) is 0 Å². The van der Waals surface area contributed by atoms with E-state index in [9.17, 15) is 0 Å². The van der Waals surface area contributed by atoms with Crippen LogP contribution >= 0.6 is 0 Å². The third-order valence-corrected chi connectivity index (χ3v) is 0.800. The molecule has 0 unspecified atom stereocenters. The van der Waals surface area contributed by atoms with Gasteiger partial charge in [-0.2, -0.15) is 0 Å². The highest BCUT2D eigenvalue weighted by Gasteiger charge is 1.72. The number of para-hydroxylation sites is 1. The Morgan fingerprint density at radius 1 is 1.09 bits per heavy atom. The molecule has 0 aliphatic rings. The molecular weight excluding hydrogens is 164 g/mol. The van der Waals surface area contributed by atoms with Gasteiger partial charge in [0.15, 0.2) is 10.9 Å². The van der Waals surface area contributed by atoms with E-state index in [1.165, 1.54) is 0 Å². The second-order valence-electron chi connectivity index (χ2n) is 1.70. The minimum atomic E-state index is -2.62. The van der Waals surface area contributed by atoms with Crippen LogP contribution < -0.4 is 10.9 Å². The predicted octanol–water partition coefficient (Wildman–Crippen LogP) is -0.260. The number of benzene rings is 1. The third kappa shape index (κ3) is 8.93. The van der Waals surface area contributed by atoms with Crippen molar-refractivity contribution in [1.82, 2.24) is 0 Å². The lowest BCUT2D eigenvalue weighted by Gasteiger charge is -1.83. The van der Waals surface area contributed by atoms with Gasteiger partial charge in [-0.25, -0.2) is 13.6 Å². The second kappa shape index (κ2) is 5.70. The number of nitrogen functional groups attached to an aromatic ring is 1. The first-order valence-corrected chi connectivity index (χ1v) is 4.07. The van der Waals surface area contributed by atoms with Gasteiger partial charge in [0, 0.05) is 5.69 Å². The average molecular weight is 174 g/mol. The van der Waals surface area contributed by atoms with Crippen molar-refractivity contribution in [3.63, 3.8) is 0 Å². The summed E-state index contributed by atoms with van der Waals surface area (Å²) in [6.07, 6.45) is 0. The molecule has 11 heavy (non-hydrogen) atoms. The summed E-state index contributed by atoms with van der Waals surface area (Å²) < 4.78 is 17.6. The number of thiol groups is 1. The molecule has 0 fully saturated rings. The SMILES string of the molecule is N[SH](=O)=O.Nc1ccccc1. The Bertz CT molecular complexity index is 251. The fourth-order valence-electron chi connectivity index (χ4n) is 0.453. The molecule has 0 aliphatic carbocycles. The highest BCUT2D eigenvalue weighted by atomic mass is 32.2. The van der Waals surface area contributed by atoms with Crippen molar-refractivity contribution in [3.05, 3.63) is 30.3 Å². The average Bonchev–Trinajstić information content (AvgIpc) is 1.87. The molecule has 62 valence electrons. The molecule has 0 radical (unpaired) electrons. The first kappa shape index (κ1) is 9.93. The molecule has 4 nitrogen and oxygen atoms in total. The van der Waals surface area contributed by atoms with Crippen LogP contribution in [0.2, 0.25) is 0 Å². The van der Waals surface area contributed by atoms with Gasteiger partial charge >= 0.3 is 0 Å². The van der Waals surface area contributed by atoms with Gasteiger partial charge in [0.2, 0.25) is 0 Å². The highest BCUT2D eigenvalue weighted by molar-refractivity contribution is 7.69. The number of anilines is 1. The van der Waals surface area contributed by atoms with Crippen molar-refractivity contribution in [2.75, 3.05) is 5.73 Å². The minimum Gasteiger partial charge on any atom is -0.399 e. The predicted molar refractivity (Wildman–Crippen MR) is 45.4 cm³/mol. The molecular formula is C6H10N2O2S. The van der Waals surface area contributed by atoms with E-state index >= 15 is 0 Å². The molecule has 1 rings (SSSR count). The zero-order valence-electron chi connectivity index (χ0n) is 5.81. The fourth-order valence-corrected chi connectivity index (χ4v) is 0.453. The van der Waals surface area contributed by atoms with Crippen LogP contribution in [0.25, 0.3) is 0 Å². The fraction of sp³-hybridized carbons (Fsp3) is 0. The van der Waals surface area contributed by atoms with E-state index in [0.717, 1.165) is 5.69 Å². The summed E-state index contributed by atoms with van der Waals surface area (Å²) in [7, 11) is -2.62. The second-order valence-corrected chi connectivity index (χ2v) is 2.27.